The number of amides is 1. The minimum atomic E-state index is -4.45. The molecule has 2 aromatic rings. The van der Waals surface area contributed by atoms with E-state index in [1.54, 1.807) is 17.9 Å². The van der Waals surface area contributed by atoms with Crippen LogP contribution in [-0.2, 0) is 22.3 Å². The molecular weight excluding hydrogens is 557 g/mol. The number of likely N-dealkylation sites (tertiary alicyclic amines) is 1. The van der Waals surface area contributed by atoms with Gasteiger partial charge in [0.25, 0.3) is 0 Å². The molecule has 5 rings (SSSR count). The molecule has 1 aliphatic carbocycles. The number of halogens is 3. The molecular formula is C34H43F3N2O4. The largest absolute Gasteiger partial charge is 0.473 e. The van der Waals surface area contributed by atoms with Crippen molar-refractivity contribution in [3.05, 3.63) is 64.7 Å². The van der Waals surface area contributed by atoms with Crippen LogP contribution in [0.1, 0.15) is 86.3 Å². The maximum Gasteiger partial charge on any atom is 0.416 e. The van der Waals surface area contributed by atoms with Crippen LogP contribution in [0.2, 0.25) is 0 Å². The highest BCUT2D eigenvalue weighted by Crippen LogP contribution is 2.42. The third-order valence-corrected chi connectivity index (χ3v) is 9.77. The molecule has 2 aromatic carbocycles. The number of hydrogen-bond donors (Lipinski definition) is 0. The normalized spacial score (nSPS) is 26.5. The Morgan fingerprint density at radius 2 is 1.88 bits per heavy atom. The van der Waals surface area contributed by atoms with Crippen molar-refractivity contribution in [3.63, 3.8) is 0 Å². The standard InChI is InChI=1S/C34H43F3N2O4/c1-5-42-33(41)24-8-6-7-23(15-24)29-13-14-38(18-22(29)4)27-10-11-28(21(2)3)30(17-27)32(40)39-19-25-16-26(34(35,36)37)9-12-31(25)43-20-39/h6-9,12,15-16,21-22,27-30H,5,10-11,13-14,17-20H2,1-4H3/t22-,27-,28+,29-,30-/m1/s1. The smallest absolute Gasteiger partial charge is 0.416 e. The third kappa shape index (κ3) is 6.87. The molecule has 0 spiro atoms. The lowest BCUT2D eigenvalue weighted by molar-refractivity contribution is -0.145. The van der Waals surface area contributed by atoms with Crippen molar-refractivity contribution in [2.75, 3.05) is 26.4 Å². The molecule has 0 bridgehead atoms. The van der Waals surface area contributed by atoms with Crippen LogP contribution in [0, 0.1) is 23.7 Å². The second-order valence-corrected chi connectivity index (χ2v) is 12.8. The summed E-state index contributed by atoms with van der Waals surface area (Å²) >= 11 is 0. The lowest BCUT2D eigenvalue weighted by Gasteiger charge is -2.47. The van der Waals surface area contributed by atoms with Gasteiger partial charge in [-0.05, 0) is 98.7 Å². The Bertz CT molecular complexity index is 1310. The van der Waals surface area contributed by atoms with E-state index in [0.29, 0.717) is 41.2 Å². The van der Waals surface area contributed by atoms with Gasteiger partial charge in [0.05, 0.1) is 24.3 Å². The Morgan fingerprint density at radius 3 is 2.58 bits per heavy atom. The van der Waals surface area contributed by atoms with Crippen LogP contribution in [0.4, 0.5) is 13.2 Å². The highest BCUT2D eigenvalue weighted by molar-refractivity contribution is 5.89. The van der Waals surface area contributed by atoms with Gasteiger partial charge in [-0.15, -0.1) is 0 Å². The first-order chi connectivity index (χ1) is 20.5. The van der Waals surface area contributed by atoms with Crippen LogP contribution < -0.4 is 4.74 Å². The van der Waals surface area contributed by atoms with Gasteiger partial charge in [-0.3, -0.25) is 4.79 Å². The highest BCUT2D eigenvalue weighted by Gasteiger charge is 2.43. The minimum Gasteiger partial charge on any atom is -0.473 e. The molecule has 1 saturated heterocycles. The fourth-order valence-electron chi connectivity index (χ4n) is 7.50. The monoisotopic (exact) mass is 600 g/mol. The first kappa shape index (κ1) is 31.4. The Kier molecular flexibility index (Phi) is 9.40. The van der Waals surface area contributed by atoms with Crippen LogP contribution in [0.3, 0.4) is 0 Å². The second-order valence-electron chi connectivity index (χ2n) is 12.8. The van der Waals surface area contributed by atoms with Crippen molar-refractivity contribution in [1.29, 1.82) is 0 Å². The van der Waals surface area contributed by atoms with Crippen molar-refractivity contribution >= 4 is 11.9 Å². The summed E-state index contributed by atoms with van der Waals surface area (Å²) in [4.78, 5) is 30.4. The molecule has 9 heteroatoms. The number of hydrogen-bond acceptors (Lipinski definition) is 5. The van der Waals surface area contributed by atoms with Crippen LogP contribution >= 0.6 is 0 Å². The quantitative estimate of drug-likeness (QED) is 0.330. The van der Waals surface area contributed by atoms with Gasteiger partial charge in [0.1, 0.15) is 5.75 Å². The number of rotatable bonds is 6. The van der Waals surface area contributed by atoms with Gasteiger partial charge < -0.3 is 19.3 Å². The van der Waals surface area contributed by atoms with Crippen LogP contribution in [0.5, 0.6) is 5.75 Å². The van der Waals surface area contributed by atoms with E-state index in [2.05, 4.69) is 31.7 Å². The predicted molar refractivity (Wildman–Crippen MR) is 157 cm³/mol. The van der Waals surface area contributed by atoms with Gasteiger partial charge in [-0.1, -0.05) is 32.9 Å². The Hall–Kier alpha value is -3.07. The summed E-state index contributed by atoms with van der Waals surface area (Å²) < 4.78 is 51.0. The molecule has 2 heterocycles. The van der Waals surface area contributed by atoms with E-state index in [0.717, 1.165) is 56.5 Å². The Balaban J connectivity index is 1.26. The van der Waals surface area contributed by atoms with E-state index in [9.17, 15) is 22.8 Å². The average Bonchev–Trinajstić information content (AvgIpc) is 2.99. The van der Waals surface area contributed by atoms with E-state index in [4.69, 9.17) is 9.47 Å². The van der Waals surface area contributed by atoms with E-state index in [1.807, 2.05) is 12.1 Å². The number of benzene rings is 2. The number of fused-ring (bicyclic) bond motifs is 1. The van der Waals surface area contributed by atoms with Crippen LogP contribution in [0.25, 0.3) is 0 Å². The summed E-state index contributed by atoms with van der Waals surface area (Å²) in [7, 11) is 0. The average molecular weight is 601 g/mol. The first-order valence-electron chi connectivity index (χ1n) is 15.6. The zero-order valence-electron chi connectivity index (χ0n) is 25.5. The predicted octanol–water partition coefficient (Wildman–Crippen LogP) is 7.13. The number of carbonyl (C=O) groups excluding carboxylic acids is 2. The molecule has 0 unspecified atom stereocenters. The van der Waals surface area contributed by atoms with Gasteiger partial charge in [0.2, 0.25) is 5.91 Å². The first-order valence-corrected chi connectivity index (χ1v) is 15.6. The van der Waals surface area contributed by atoms with Gasteiger partial charge in [0, 0.05) is 24.1 Å². The molecule has 43 heavy (non-hydrogen) atoms. The number of esters is 1. The van der Waals surface area contributed by atoms with Crippen LogP contribution in [-0.4, -0.2) is 54.1 Å². The SMILES string of the molecule is CCOC(=O)c1cccc([C@@H]2CCN([C@@H]3CC[C@@H](C(C)C)[C@H](C(=O)N4COc5ccc(C(F)(F)F)cc5C4)C3)C[C@H]2C)c1. The second kappa shape index (κ2) is 12.9. The molecule has 6 nitrogen and oxygen atoms in total. The fraction of sp³-hybridized carbons (Fsp3) is 0.588. The number of alkyl halides is 3. The zero-order valence-corrected chi connectivity index (χ0v) is 25.5. The molecule has 0 N–H and O–H groups in total. The van der Waals surface area contributed by atoms with E-state index in [-0.39, 0.29) is 43.0 Å². The van der Waals surface area contributed by atoms with Gasteiger partial charge in [0.15, 0.2) is 6.73 Å². The molecule has 2 fully saturated rings. The molecule has 0 radical (unpaired) electrons. The van der Waals surface area contributed by atoms with E-state index >= 15 is 0 Å². The summed E-state index contributed by atoms with van der Waals surface area (Å²) in [5.74, 6) is 1.13. The van der Waals surface area contributed by atoms with Gasteiger partial charge in [-0.25, -0.2) is 4.79 Å². The van der Waals surface area contributed by atoms with Crippen molar-refractivity contribution in [2.24, 2.45) is 23.7 Å². The molecule has 3 aliphatic rings. The molecule has 1 amide bonds. The van der Waals surface area contributed by atoms with Crippen molar-refractivity contribution < 1.29 is 32.2 Å². The maximum absolute atomic E-state index is 14.0. The molecule has 5 atom stereocenters. The Morgan fingerprint density at radius 1 is 1.09 bits per heavy atom. The summed E-state index contributed by atoms with van der Waals surface area (Å²) in [5, 5.41) is 0. The van der Waals surface area contributed by atoms with Gasteiger partial charge in [-0.2, -0.15) is 13.2 Å². The van der Waals surface area contributed by atoms with E-state index < -0.39 is 11.7 Å². The third-order valence-electron chi connectivity index (χ3n) is 9.77. The highest BCUT2D eigenvalue weighted by atomic mass is 19.4. The lowest BCUT2D eigenvalue weighted by Crippen LogP contribution is -2.51. The molecule has 234 valence electrons. The Labute approximate surface area is 252 Å². The summed E-state index contributed by atoms with van der Waals surface area (Å²) in [6.07, 6.45) is -0.776. The summed E-state index contributed by atoms with van der Waals surface area (Å²) in [5.41, 5.74) is 1.41. The lowest BCUT2D eigenvalue weighted by atomic mass is 9.70. The topological polar surface area (TPSA) is 59.1 Å². The molecule has 0 aromatic heterocycles. The number of piperidine rings is 1. The number of nitrogens with zero attached hydrogens (tertiary/aromatic N) is 2. The van der Waals surface area contributed by atoms with Crippen molar-refractivity contribution in [3.8, 4) is 5.75 Å². The summed E-state index contributed by atoms with van der Waals surface area (Å²) in [6.45, 7) is 10.7. The molecule has 2 aliphatic heterocycles. The van der Waals surface area contributed by atoms with E-state index in [1.165, 1.54) is 6.07 Å². The van der Waals surface area contributed by atoms with Gasteiger partial charge >= 0.3 is 12.1 Å². The van der Waals surface area contributed by atoms with Crippen molar-refractivity contribution in [1.82, 2.24) is 9.80 Å². The summed E-state index contributed by atoms with van der Waals surface area (Å²) in [6, 6.07) is 11.5. The fourth-order valence-corrected chi connectivity index (χ4v) is 7.50. The minimum absolute atomic E-state index is 0.0230. The number of ether oxygens (including phenoxy) is 2. The molecule has 1 saturated carbocycles. The van der Waals surface area contributed by atoms with Crippen molar-refractivity contribution in [2.45, 2.75) is 78.1 Å². The maximum atomic E-state index is 14.0. The zero-order chi connectivity index (χ0) is 30.9. The van der Waals surface area contributed by atoms with Crippen LogP contribution in [0.15, 0.2) is 42.5 Å². The number of carbonyl (C=O) groups is 2.